The van der Waals surface area contributed by atoms with E-state index in [0.717, 1.165) is 19.5 Å². The van der Waals surface area contributed by atoms with E-state index in [0.29, 0.717) is 6.54 Å². The highest BCUT2D eigenvalue weighted by Gasteiger charge is 2.25. The van der Waals surface area contributed by atoms with Gasteiger partial charge >= 0.3 is 0 Å². The molecule has 1 aliphatic rings. The van der Waals surface area contributed by atoms with Crippen molar-refractivity contribution in [2.45, 2.75) is 58.0 Å². The zero-order valence-electron chi connectivity index (χ0n) is 12.6. The van der Waals surface area contributed by atoms with Crippen molar-refractivity contribution in [3.05, 3.63) is 0 Å². The van der Waals surface area contributed by atoms with E-state index in [1.54, 1.807) is 0 Å². The lowest BCUT2D eigenvalue weighted by Crippen LogP contribution is -2.49. The minimum atomic E-state index is -0.577. The lowest BCUT2D eigenvalue weighted by atomic mass is 10.1. The molecule has 1 rings (SSSR count). The maximum Gasteiger partial charge on any atom is 0.125 e. The van der Waals surface area contributed by atoms with Gasteiger partial charge < -0.3 is 14.6 Å². The normalized spacial score (nSPS) is 29.5. The Labute approximate surface area is 117 Å². The molecule has 0 amide bonds. The van der Waals surface area contributed by atoms with Crippen LogP contribution in [0.3, 0.4) is 0 Å². The summed E-state index contributed by atoms with van der Waals surface area (Å²) in [6.07, 6.45) is 6.08. The molecule has 0 aromatic rings. The maximum atomic E-state index is 10.1. The first-order valence-corrected chi connectivity index (χ1v) is 7.06. The molecule has 0 saturated carbocycles. The second-order valence-electron chi connectivity index (χ2n) is 5.67. The summed E-state index contributed by atoms with van der Waals surface area (Å²) < 4.78 is 11.3. The van der Waals surface area contributed by atoms with E-state index in [-0.39, 0.29) is 18.8 Å². The Balaban J connectivity index is 2.35. The zero-order chi connectivity index (χ0) is 14.5. The van der Waals surface area contributed by atoms with Gasteiger partial charge in [0.1, 0.15) is 5.60 Å². The molecule has 4 heteroatoms. The third-order valence-corrected chi connectivity index (χ3v) is 3.54. The van der Waals surface area contributed by atoms with Gasteiger partial charge in [0, 0.05) is 19.6 Å². The second kappa shape index (κ2) is 7.25. The lowest BCUT2D eigenvalue weighted by Gasteiger charge is -2.36. The molecule has 4 atom stereocenters. The van der Waals surface area contributed by atoms with E-state index in [1.165, 1.54) is 0 Å². The van der Waals surface area contributed by atoms with Crippen LogP contribution in [0.15, 0.2) is 0 Å². The van der Waals surface area contributed by atoms with E-state index in [1.807, 2.05) is 13.8 Å². The lowest BCUT2D eigenvalue weighted by molar-refractivity contribution is -0.0904. The van der Waals surface area contributed by atoms with Crippen LogP contribution >= 0.6 is 0 Å². The highest BCUT2D eigenvalue weighted by molar-refractivity contribution is 5.05. The van der Waals surface area contributed by atoms with E-state index in [9.17, 15) is 5.11 Å². The number of nitrogens with zero attached hydrogens (tertiary/aromatic N) is 1. The van der Waals surface area contributed by atoms with Crippen LogP contribution < -0.4 is 0 Å². The van der Waals surface area contributed by atoms with Crippen molar-refractivity contribution in [2.24, 2.45) is 0 Å². The summed E-state index contributed by atoms with van der Waals surface area (Å²) in [5, 5.41) is 10.1. The van der Waals surface area contributed by atoms with Crippen LogP contribution in [0, 0.1) is 12.3 Å². The van der Waals surface area contributed by atoms with Gasteiger partial charge in [0.2, 0.25) is 0 Å². The minimum absolute atomic E-state index is 0.212. The molecule has 0 aromatic carbocycles. The third kappa shape index (κ3) is 5.50. The van der Waals surface area contributed by atoms with Crippen LogP contribution in [0.4, 0.5) is 0 Å². The third-order valence-electron chi connectivity index (χ3n) is 3.54. The van der Waals surface area contributed by atoms with E-state index in [2.05, 4.69) is 24.7 Å². The summed E-state index contributed by atoms with van der Waals surface area (Å²) >= 11 is 0. The summed E-state index contributed by atoms with van der Waals surface area (Å²) in [6.45, 7) is 10.5. The number of morpholine rings is 1. The molecular formula is C15H27NO3. The molecular weight excluding hydrogens is 242 g/mol. The van der Waals surface area contributed by atoms with Crippen molar-refractivity contribution in [1.29, 1.82) is 0 Å². The monoisotopic (exact) mass is 269 g/mol. The summed E-state index contributed by atoms with van der Waals surface area (Å²) in [7, 11) is 0. The number of hydrogen-bond donors (Lipinski definition) is 1. The Hall–Kier alpha value is -0.600. The van der Waals surface area contributed by atoms with Crippen molar-refractivity contribution in [2.75, 3.05) is 26.2 Å². The summed E-state index contributed by atoms with van der Waals surface area (Å²) in [5.41, 5.74) is -0.577. The van der Waals surface area contributed by atoms with E-state index >= 15 is 0 Å². The predicted octanol–water partition coefficient (Wildman–Crippen LogP) is 1.27. The first kappa shape index (κ1) is 16.5. The van der Waals surface area contributed by atoms with Crippen molar-refractivity contribution in [3.63, 3.8) is 0 Å². The van der Waals surface area contributed by atoms with Crippen molar-refractivity contribution in [3.8, 4) is 12.3 Å². The molecule has 0 unspecified atom stereocenters. The Bertz CT molecular complexity index is 305. The minimum Gasteiger partial charge on any atom is -0.389 e. The average molecular weight is 269 g/mol. The smallest absolute Gasteiger partial charge is 0.125 e. The first-order valence-electron chi connectivity index (χ1n) is 7.06. The molecule has 4 nitrogen and oxygen atoms in total. The first-order chi connectivity index (χ1) is 8.88. The molecule has 1 saturated heterocycles. The molecule has 1 N–H and O–H groups in total. The number of terminal acetylenes is 1. The highest BCUT2D eigenvalue weighted by Crippen LogP contribution is 2.15. The molecule has 0 bridgehead atoms. The fourth-order valence-electron chi connectivity index (χ4n) is 2.31. The van der Waals surface area contributed by atoms with Gasteiger partial charge in [-0.1, -0.05) is 12.8 Å². The fraction of sp³-hybridized carbons (Fsp3) is 0.867. The van der Waals surface area contributed by atoms with Gasteiger partial charge in [-0.15, -0.1) is 6.42 Å². The average Bonchev–Trinajstić information content (AvgIpc) is 2.35. The summed E-state index contributed by atoms with van der Waals surface area (Å²) in [6, 6.07) is 0. The molecule has 0 aromatic heterocycles. The molecule has 19 heavy (non-hydrogen) atoms. The summed E-state index contributed by atoms with van der Waals surface area (Å²) in [4.78, 5) is 2.21. The number of aliphatic hydroxyl groups excluding tert-OH is 1. The van der Waals surface area contributed by atoms with Gasteiger partial charge in [0.15, 0.2) is 0 Å². The van der Waals surface area contributed by atoms with Crippen molar-refractivity contribution >= 4 is 0 Å². The van der Waals surface area contributed by atoms with Crippen molar-refractivity contribution in [1.82, 2.24) is 4.90 Å². The molecule has 1 aliphatic heterocycles. The fourth-order valence-corrected chi connectivity index (χ4v) is 2.31. The predicted molar refractivity (Wildman–Crippen MR) is 75.9 cm³/mol. The maximum absolute atomic E-state index is 10.1. The Morgan fingerprint density at radius 3 is 2.53 bits per heavy atom. The zero-order valence-corrected chi connectivity index (χ0v) is 12.6. The van der Waals surface area contributed by atoms with Crippen LogP contribution in [-0.4, -0.2) is 60.2 Å². The Morgan fingerprint density at radius 2 is 2.05 bits per heavy atom. The highest BCUT2D eigenvalue weighted by atomic mass is 16.5. The van der Waals surface area contributed by atoms with Gasteiger partial charge in [0.25, 0.3) is 0 Å². The number of ether oxygens (including phenoxy) is 2. The Kier molecular flexibility index (Phi) is 6.28. The SMILES string of the molecule is C#C[C@@](C)(CC)OC[C@H](O)CN1C[C@@H](C)O[C@@H](C)C1. The second-order valence-corrected chi connectivity index (χ2v) is 5.67. The molecule has 0 radical (unpaired) electrons. The van der Waals surface area contributed by atoms with Crippen LogP contribution in [-0.2, 0) is 9.47 Å². The van der Waals surface area contributed by atoms with Crippen molar-refractivity contribution < 1.29 is 14.6 Å². The molecule has 0 spiro atoms. The van der Waals surface area contributed by atoms with Gasteiger partial charge in [-0.2, -0.15) is 0 Å². The number of β-amino-alcohol motifs (C(OH)–C–C–N with tert-alkyl or cyclic N) is 1. The topological polar surface area (TPSA) is 41.9 Å². The van der Waals surface area contributed by atoms with Gasteiger partial charge in [0.05, 0.1) is 24.9 Å². The van der Waals surface area contributed by atoms with E-state index in [4.69, 9.17) is 15.9 Å². The standard InChI is InChI=1S/C15H27NO3/c1-6-15(5,7-2)18-11-14(17)10-16-8-12(3)19-13(4)9-16/h1,12-14,17H,7-11H2,2-5H3/t12-,13+,14-,15+/m1/s1. The number of hydrogen-bond acceptors (Lipinski definition) is 4. The molecule has 1 fully saturated rings. The largest absolute Gasteiger partial charge is 0.389 e. The van der Waals surface area contributed by atoms with Gasteiger partial charge in [-0.25, -0.2) is 0 Å². The van der Waals surface area contributed by atoms with Gasteiger partial charge in [-0.3, -0.25) is 4.90 Å². The molecule has 0 aliphatic carbocycles. The Morgan fingerprint density at radius 1 is 1.47 bits per heavy atom. The van der Waals surface area contributed by atoms with Crippen LogP contribution in [0.1, 0.15) is 34.1 Å². The molecule has 110 valence electrons. The quantitative estimate of drug-likeness (QED) is 0.738. The number of aliphatic hydroxyl groups is 1. The van der Waals surface area contributed by atoms with E-state index < -0.39 is 11.7 Å². The van der Waals surface area contributed by atoms with Crippen LogP contribution in [0.2, 0.25) is 0 Å². The molecule has 1 heterocycles. The van der Waals surface area contributed by atoms with Gasteiger partial charge in [-0.05, 0) is 27.2 Å². The summed E-state index contributed by atoms with van der Waals surface area (Å²) in [5.74, 6) is 2.63. The van der Waals surface area contributed by atoms with Crippen LogP contribution in [0.5, 0.6) is 0 Å². The van der Waals surface area contributed by atoms with Crippen LogP contribution in [0.25, 0.3) is 0 Å². The number of rotatable bonds is 6.